The lowest BCUT2D eigenvalue weighted by atomic mass is 10.0. The number of carbonyl (C=O) groups is 1. The van der Waals surface area contributed by atoms with E-state index in [1.807, 2.05) is 38.1 Å². The number of esters is 1. The Morgan fingerprint density at radius 2 is 1.77 bits per heavy atom. The van der Waals surface area contributed by atoms with E-state index >= 15 is 0 Å². The van der Waals surface area contributed by atoms with Gasteiger partial charge in [0.15, 0.2) is 0 Å². The number of benzene rings is 3. The maximum absolute atomic E-state index is 13.8. The zero-order chi connectivity index (χ0) is 28.0. The van der Waals surface area contributed by atoms with Gasteiger partial charge in [0.25, 0.3) is 0 Å². The number of aromatic amines is 1. The third kappa shape index (κ3) is 4.82. The third-order valence-corrected chi connectivity index (χ3v) is 8.89. The predicted octanol–water partition coefficient (Wildman–Crippen LogP) is 4.88. The van der Waals surface area contributed by atoms with Crippen molar-refractivity contribution in [2.45, 2.75) is 50.5 Å². The second kappa shape index (κ2) is 10.1. The molecule has 3 aromatic carbocycles. The van der Waals surface area contributed by atoms with E-state index in [0.29, 0.717) is 29.4 Å². The van der Waals surface area contributed by atoms with Crippen molar-refractivity contribution >= 4 is 37.9 Å². The van der Waals surface area contributed by atoms with Gasteiger partial charge in [-0.1, -0.05) is 35.9 Å². The Kier molecular flexibility index (Phi) is 6.56. The highest BCUT2D eigenvalue weighted by Crippen LogP contribution is 2.35. The predicted molar refractivity (Wildman–Crippen MR) is 152 cm³/mol. The van der Waals surface area contributed by atoms with Gasteiger partial charge in [-0.15, -0.1) is 0 Å². The number of aromatic nitrogens is 1. The van der Waals surface area contributed by atoms with Gasteiger partial charge in [0.05, 0.1) is 10.3 Å². The first-order chi connectivity index (χ1) is 19.2. The normalized spacial score (nSPS) is 13.9. The van der Waals surface area contributed by atoms with E-state index in [1.54, 1.807) is 30.5 Å². The molecular weight excluding hydrogens is 528 g/mol. The maximum atomic E-state index is 13.8. The maximum Gasteiger partial charge on any atom is 0.339 e. The standard InChI is InChI=1S/C31H28N2O6S/c1-18-10-12-21(13-11-18)40(36,37)33-26(16-20-17-32-25-9-4-3-6-22(20)25)31(35)39-28-15-19(2)14-27-29(28)23-7-5-8-24(23)30(34)38-27/h3-4,6,9-15,17,26,32-33H,5,7-8,16H2,1-2H3/t26-/m1/s1. The summed E-state index contributed by atoms with van der Waals surface area (Å²) in [5.41, 5.74) is 4.70. The second-order valence-electron chi connectivity index (χ2n) is 10.3. The molecule has 40 heavy (non-hydrogen) atoms. The first-order valence-corrected chi connectivity index (χ1v) is 14.6. The molecule has 2 heterocycles. The Balaban J connectivity index is 1.40. The molecule has 204 valence electrons. The van der Waals surface area contributed by atoms with Gasteiger partial charge in [0, 0.05) is 29.1 Å². The van der Waals surface area contributed by atoms with Crippen LogP contribution in [0.4, 0.5) is 0 Å². The number of nitrogens with one attached hydrogen (secondary N) is 2. The number of fused-ring (bicyclic) bond motifs is 4. The van der Waals surface area contributed by atoms with Crippen molar-refractivity contribution in [3.8, 4) is 5.75 Å². The summed E-state index contributed by atoms with van der Waals surface area (Å²) in [4.78, 5) is 29.6. The molecule has 9 heteroatoms. The van der Waals surface area contributed by atoms with E-state index in [2.05, 4.69) is 9.71 Å². The number of hydrogen-bond donors (Lipinski definition) is 2. The molecule has 0 fully saturated rings. The molecule has 0 unspecified atom stereocenters. The fourth-order valence-electron chi connectivity index (χ4n) is 5.43. The number of ether oxygens (including phenoxy) is 1. The molecule has 8 nitrogen and oxygen atoms in total. The lowest BCUT2D eigenvalue weighted by Crippen LogP contribution is -2.44. The van der Waals surface area contributed by atoms with Gasteiger partial charge in [-0.25, -0.2) is 18.0 Å². The van der Waals surface area contributed by atoms with Crippen LogP contribution in [0.1, 0.15) is 34.2 Å². The highest BCUT2D eigenvalue weighted by molar-refractivity contribution is 7.89. The van der Waals surface area contributed by atoms with Crippen LogP contribution in [0.15, 0.2) is 81.0 Å². The van der Waals surface area contributed by atoms with Gasteiger partial charge in [-0.3, -0.25) is 0 Å². The van der Waals surface area contributed by atoms with Crippen LogP contribution in [0.25, 0.3) is 21.9 Å². The Morgan fingerprint density at radius 3 is 2.58 bits per heavy atom. The monoisotopic (exact) mass is 556 g/mol. The summed E-state index contributed by atoms with van der Waals surface area (Å²) in [7, 11) is -4.06. The summed E-state index contributed by atoms with van der Waals surface area (Å²) >= 11 is 0. The lowest BCUT2D eigenvalue weighted by Gasteiger charge is -2.19. The summed E-state index contributed by atoms with van der Waals surface area (Å²) in [5.74, 6) is -0.508. The van der Waals surface area contributed by atoms with Crippen LogP contribution < -0.4 is 15.1 Å². The number of H-pyrrole nitrogens is 1. The van der Waals surface area contributed by atoms with E-state index in [1.165, 1.54) is 12.1 Å². The van der Waals surface area contributed by atoms with Crippen LogP contribution in [0, 0.1) is 13.8 Å². The minimum Gasteiger partial charge on any atom is -0.425 e. The highest BCUT2D eigenvalue weighted by Gasteiger charge is 2.30. The molecule has 0 amide bonds. The van der Waals surface area contributed by atoms with Crippen molar-refractivity contribution in [1.82, 2.24) is 9.71 Å². The molecule has 0 saturated heterocycles. The highest BCUT2D eigenvalue weighted by atomic mass is 32.2. The largest absolute Gasteiger partial charge is 0.425 e. The van der Waals surface area contributed by atoms with Gasteiger partial charge in [-0.05, 0) is 80.1 Å². The second-order valence-corrected chi connectivity index (χ2v) is 12.0. The van der Waals surface area contributed by atoms with Crippen molar-refractivity contribution in [3.63, 3.8) is 0 Å². The quantitative estimate of drug-likeness (QED) is 0.168. The minimum atomic E-state index is -4.06. The van der Waals surface area contributed by atoms with Gasteiger partial charge in [0.2, 0.25) is 10.0 Å². The zero-order valence-electron chi connectivity index (χ0n) is 22.1. The van der Waals surface area contributed by atoms with Crippen LogP contribution in [0.5, 0.6) is 5.75 Å². The number of aryl methyl sites for hydroxylation is 3. The lowest BCUT2D eigenvalue weighted by molar-refractivity contribution is -0.136. The first-order valence-electron chi connectivity index (χ1n) is 13.1. The van der Waals surface area contributed by atoms with Gasteiger partial charge >= 0.3 is 11.6 Å². The van der Waals surface area contributed by atoms with E-state index in [9.17, 15) is 18.0 Å². The van der Waals surface area contributed by atoms with Crippen molar-refractivity contribution in [1.29, 1.82) is 0 Å². The molecule has 6 rings (SSSR count). The molecule has 0 saturated carbocycles. The molecule has 1 aliphatic rings. The molecule has 1 aliphatic carbocycles. The summed E-state index contributed by atoms with van der Waals surface area (Å²) in [5, 5.41) is 1.47. The molecule has 0 aliphatic heterocycles. The van der Waals surface area contributed by atoms with Crippen LogP contribution >= 0.6 is 0 Å². The van der Waals surface area contributed by atoms with E-state index in [0.717, 1.165) is 39.6 Å². The average molecular weight is 557 g/mol. The zero-order valence-corrected chi connectivity index (χ0v) is 22.9. The van der Waals surface area contributed by atoms with Crippen LogP contribution in [0.2, 0.25) is 0 Å². The van der Waals surface area contributed by atoms with Crippen LogP contribution in [-0.4, -0.2) is 25.4 Å². The summed E-state index contributed by atoms with van der Waals surface area (Å²) in [6.07, 6.45) is 3.91. The number of para-hydroxylation sites is 1. The van der Waals surface area contributed by atoms with Crippen molar-refractivity contribution < 1.29 is 22.4 Å². The Morgan fingerprint density at radius 1 is 1.02 bits per heavy atom. The molecule has 1 atom stereocenters. The summed E-state index contributed by atoms with van der Waals surface area (Å²) < 4.78 is 40.9. The third-order valence-electron chi connectivity index (χ3n) is 7.40. The number of rotatable bonds is 7. The van der Waals surface area contributed by atoms with Gasteiger partial charge in [0.1, 0.15) is 17.4 Å². The van der Waals surface area contributed by atoms with Crippen molar-refractivity contribution in [2.24, 2.45) is 0 Å². The first kappa shape index (κ1) is 26.0. The number of carbonyl (C=O) groups excluding carboxylic acids is 1. The molecule has 2 aromatic heterocycles. The molecule has 5 aromatic rings. The Bertz CT molecular complexity index is 1940. The Hall–Kier alpha value is -4.21. The number of sulfonamides is 1. The topological polar surface area (TPSA) is 118 Å². The molecule has 0 spiro atoms. The smallest absolute Gasteiger partial charge is 0.339 e. The van der Waals surface area contributed by atoms with Gasteiger partial charge in [-0.2, -0.15) is 4.72 Å². The molecular formula is C31H28N2O6S. The summed E-state index contributed by atoms with van der Waals surface area (Å²) in [6.45, 7) is 3.68. The van der Waals surface area contributed by atoms with Crippen LogP contribution in [0.3, 0.4) is 0 Å². The van der Waals surface area contributed by atoms with Crippen molar-refractivity contribution in [3.05, 3.63) is 105 Å². The van der Waals surface area contributed by atoms with E-state index < -0.39 is 22.0 Å². The molecule has 0 bridgehead atoms. The number of hydrogen-bond acceptors (Lipinski definition) is 6. The summed E-state index contributed by atoms with van der Waals surface area (Å²) in [6, 6.07) is 16.3. The Labute approximate surface area is 231 Å². The average Bonchev–Trinajstić information content (AvgIpc) is 3.56. The minimum absolute atomic E-state index is 0.0513. The molecule has 0 radical (unpaired) electrons. The molecule has 2 N–H and O–H groups in total. The van der Waals surface area contributed by atoms with Gasteiger partial charge < -0.3 is 14.1 Å². The van der Waals surface area contributed by atoms with E-state index in [4.69, 9.17) is 9.15 Å². The van der Waals surface area contributed by atoms with E-state index in [-0.39, 0.29) is 22.7 Å². The van der Waals surface area contributed by atoms with Crippen molar-refractivity contribution in [2.75, 3.05) is 0 Å². The fourth-order valence-corrected chi connectivity index (χ4v) is 6.62. The fraction of sp³-hybridized carbons (Fsp3) is 0.226. The van der Waals surface area contributed by atoms with Crippen LogP contribution in [-0.2, 0) is 34.1 Å². The SMILES string of the molecule is Cc1ccc(S(=O)(=O)N[C@H](Cc2c[nH]c3ccccc23)C(=O)Oc2cc(C)cc3oc(=O)c4c(c23)CCC4)cc1.